The van der Waals surface area contributed by atoms with Crippen LogP contribution in [0.1, 0.15) is 51.5 Å². The monoisotopic (exact) mass is 251 g/mol. The molecule has 1 saturated carbocycles. The maximum Gasteiger partial charge on any atom is 0.208 e. The molecule has 2 fully saturated rings. The van der Waals surface area contributed by atoms with Gasteiger partial charge in [-0.15, -0.1) is 10.2 Å². The Morgan fingerprint density at radius 3 is 2.53 bits per heavy atom. The highest BCUT2D eigenvalue weighted by Crippen LogP contribution is 2.52. The molecule has 2 heterocycles. The van der Waals surface area contributed by atoms with Gasteiger partial charge in [0.05, 0.1) is 0 Å². The summed E-state index contributed by atoms with van der Waals surface area (Å²) < 4.78 is 0. The van der Waals surface area contributed by atoms with Crippen LogP contribution in [0.2, 0.25) is 0 Å². The molecule has 1 aromatic rings. The minimum absolute atomic E-state index is 0.128. The molecule has 1 spiro atoms. The second-order valence-electron chi connectivity index (χ2n) is 6.66. The smallest absolute Gasteiger partial charge is 0.208 e. The number of aromatic nitrogens is 2. The third-order valence-electron chi connectivity index (χ3n) is 3.94. The van der Waals surface area contributed by atoms with Gasteiger partial charge < -0.3 is 4.90 Å². The second kappa shape index (κ2) is 3.67. The normalized spacial score (nSPS) is 23.1. The number of nitrogens with zero attached hydrogens (tertiary/aromatic N) is 3. The van der Waals surface area contributed by atoms with E-state index in [0.717, 1.165) is 10.1 Å². The van der Waals surface area contributed by atoms with Gasteiger partial charge in [0.1, 0.15) is 5.01 Å². The van der Waals surface area contributed by atoms with Crippen molar-refractivity contribution in [3.8, 4) is 0 Å². The van der Waals surface area contributed by atoms with Gasteiger partial charge in [0.15, 0.2) is 0 Å². The molecule has 17 heavy (non-hydrogen) atoms. The highest BCUT2D eigenvalue weighted by atomic mass is 32.1. The molecule has 0 N–H and O–H groups in total. The van der Waals surface area contributed by atoms with Gasteiger partial charge in [0.25, 0.3) is 0 Å². The van der Waals surface area contributed by atoms with Gasteiger partial charge in [-0.25, -0.2) is 0 Å². The van der Waals surface area contributed by atoms with Crippen LogP contribution in [0.5, 0.6) is 0 Å². The standard InChI is InChI=1S/C13H21N3S/c1-12(2,3)10-14-15-11(17-10)16-8-4-5-13(9-16)6-7-13/h4-9H2,1-3H3. The second-order valence-corrected chi connectivity index (χ2v) is 7.62. The molecule has 3 nitrogen and oxygen atoms in total. The minimum Gasteiger partial charge on any atom is -0.346 e. The van der Waals surface area contributed by atoms with Crippen molar-refractivity contribution in [2.24, 2.45) is 5.41 Å². The van der Waals surface area contributed by atoms with E-state index in [9.17, 15) is 0 Å². The van der Waals surface area contributed by atoms with Crippen LogP contribution in [0.15, 0.2) is 0 Å². The third-order valence-corrected chi connectivity index (χ3v) is 5.35. The first-order valence-corrected chi connectivity index (χ1v) is 7.39. The van der Waals surface area contributed by atoms with Crippen molar-refractivity contribution in [3.05, 3.63) is 5.01 Å². The Kier molecular flexibility index (Phi) is 2.47. The van der Waals surface area contributed by atoms with Crippen molar-refractivity contribution < 1.29 is 0 Å². The SMILES string of the molecule is CC(C)(C)c1nnc(N2CCCC3(CC3)C2)s1. The van der Waals surface area contributed by atoms with Crippen molar-refractivity contribution in [2.75, 3.05) is 18.0 Å². The lowest BCUT2D eigenvalue weighted by molar-refractivity contribution is 0.394. The molecule has 0 atom stereocenters. The van der Waals surface area contributed by atoms with Gasteiger partial charge in [0, 0.05) is 18.5 Å². The minimum atomic E-state index is 0.128. The van der Waals surface area contributed by atoms with Crippen LogP contribution in [-0.2, 0) is 5.41 Å². The number of hydrogen-bond donors (Lipinski definition) is 0. The lowest BCUT2D eigenvalue weighted by atomic mass is 9.96. The van der Waals surface area contributed by atoms with E-state index in [0.29, 0.717) is 5.41 Å². The van der Waals surface area contributed by atoms with E-state index in [1.165, 1.54) is 38.8 Å². The van der Waals surface area contributed by atoms with E-state index in [4.69, 9.17) is 0 Å². The summed E-state index contributed by atoms with van der Waals surface area (Å²) in [5, 5.41) is 11.0. The first-order valence-electron chi connectivity index (χ1n) is 6.58. The molecule has 0 amide bonds. The molecule has 1 saturated heterocycles. The summed E-state index contributed by atoms with van der Waals surface area (Å²) in [6.45, 7) is 8.99. The Bertz CT molecular complexity index is 415. The molecule has 0 radical (unpaired) electrons. The predicted molar refractivity (Wildman–Crippen MR) is 71.7 cm³/mol. The zero-order valence-electron chi connectivity index (χ0n) is 11.0. The quantitative estimate of drug-likeness (QED) is 0.767. The van der Waals surface area contributed by atoms with Crippen LogP contribution >= 0.6 is 11.3 Å². The van der Waals surface area contributed by atoms with Crippen LogP contribution in [0.4, 0.5) is 5.13 Å². The lowest BCUT2D eigenvalue weighted by Gasteiger charge is -2.32. The van der Waals surface area contributed by atoms with Crippen molar-refractivity contribution in [2.45, 2.75) is 51.9 Å². The summed E-state index contributed by atoms with van der Waals surface area (Å²) in [6, 6.07) is 0. The zero-order chi connectivity index (χ0) is 12.1. The maximum atomic E-state index is 4.39. The predicted octanol–water partition coefficient (Wildman–Crippen LogP) is 3.22. The van der Waals surface area contributed by atoms with E-state index >= 15 is 0 Å². The van der Waals surface area contributed by atoms with Crippen molar-refractivity contribution in [1.29, 1.82) is 0 Å². The Labute approximate surface area is 107 Å². The molecule has 1 aliphatic heterocycles. The first-order chi connectivity index (χ1) is 7.99. The molecule has 2 aliphatic rings. The lowest BCUT2D eigenvalue weighted by Crippen LogP contribution is -2.36. The fourth-order valence-electron chi connectivity index (χ4n) is 2.60. The Morgan fingerprint density at radius 2 is 1.94 bits per heavy atom. The van der Waals surface area contributed by atoms with Crippen LogP contribution in [0.25, 0.3) is 0 Å². The Morgan fingerprint density at radius 1 is 1.18 bits per heavy atom. The van der Waals surface area contributed by atoms with Gasteiger partial charge in [-0.05, 0) is 31.1 Å². The van der Waals surface area contributed by atoms with Crippen LogP contribution in [-0.4, -0.2) is 23.3 Å². The highest BCUT2D eigenvalue weighted by molar-refractivity contribution is 7.15. The molecule has 3 rings (SSSR count). The van der Waals surface area contributed by atoms with Crippen LogP contribution in [0.3, 0.4) is 0 Å². The number of piperidine rings is 1. The summed E-state index contributed by atoms with van der Waals surface area (Å²) >= 11 is 1.78. The summed E-state index contributed by atoms with van der Waals surface area (Å²) in [4.78, 5) is 2.46. The highest BCUT2D eigenvalue weighted by Gasteiger charge is 2.46. The molecule has 1 aliphatic carbocycles. The summed E-state index contributed by atoms with van der Waals surface area (Å²) in [7, 11) is 0. The van der Waals surface area contributed by atoms with Crippen LogP contribution in [0, 0.1) is 5.41 Å². The fourth-order valence-corrected chi connectivity index (χ4v) is 3.53. The number of anilines is 1. The molecule has 0 bridgehead atoms. The van der Waals surface area contributed by atoms with Gasteiger partial charge in [-0.3, -0.25) is 0 Å². The number of hydrogen-bond acceptors (Lipinski definition) is 4. The molecule has 1 aromatic heterocycles. The summed E-state index contributed by atoms with van der Waals surface area (Å²) in [5.74, 6) is 0. The Balaban J connectivity index is 1.77. The van der Waals surface area contributed by atoms with E-state index in [1.807, 2.05) is 0 Å². The van der Waals surface area contributed by atoms with Gasteiger partial charge in [-0.2, -0.15) is 0 Å². The fraction of sp³-hybridized carbons (Fsp3) is 0.846. The molecule has 4 heteroatoms. The molecular weight excluding hydrogens is 230 g/mol. The van der Waals surface area contributed by atoms with Gasteiger partial charge >= 0.3 is 0 Å². The third kappa shape index (κ3) is 2.19. The largest absolute Gasteiger partial charge is 0.346 e. The summed E-state index contributed by atoms with van der Waals surface area (Å²) in [6.07, 6.45) is 5.60. The summed E-state index contributed by atoms with van der Waals surface area (Å²) in [5.41, 5.74) is 0.786. The molecular formula is C13H21N3S. The van der Waals surface area contributed by atoms with Gasteiger partial charge in [-0.1, -0.05) is 32.1 Å². The topological polar surface area (TPSA) is 29.0 Å². The van der Waals surface area contributed by atoms with Crippen molar-refractivity contribution >= 4 is 16.5 Å². The van der Waals surface area contributed by atoms with Crippen molar-refractivity contribution in [3.63, 3.8) is 0 Å². The van der Waals surface area contributed by atoms with Crippen LogP contribution < -0.4 is 4.90 Å². The molecule has 0 unspecified atom stereocenters. The Hall–Kier alpha value is -0.640. The van der Waals surface area contributed by atoms with E-state index in [2.05, 4.69) is 35.9 Å². The molecule has 94 valence electrons. The average molecular weight is 251 g/mol. The molecule has 0 aromatic carbocycles. The van der Waals surface area contributed by atoms with E-state index < -0.39 is 0 Å². The van der Waals surface area contributed by atoms with E-state index in [1.54, 1.807) is 11.3 Å². The maximum absolute atomic E-state index is 4.39. The van der Waals surface area contributed by atoms with E-state index in [-0.39, 0.29) is 5.41 Å². The average Bonchev–Trinajstić information content (AvgIpc) is 2.83. The zero-order valence-corrected chi connectivity index (χ0v) is 11.8. The van der Waals surface area contributed by atoms with Crippen molar-refractivity contribution in [1.82, 2.24) is 10.2 Å². The van der Waals surface area contributed by atoms with Gasteiger partial charge in [0.2, 0.25) is 5.13 Å². The number of rotatable bonds is 1. The first kappa shape index (κ1) is 11.5.